The van der Waals surface area contributed by atoms with Gasteiger partial charge in [0, 0.05) is 52.9 Å². The molecule has 0 saturated heterocycles. The molecule has 0 aliphatic heterocycles. The summed E-state index contributed by atoms with van der Waals surface area (Å²) in [7, 11) is 0. The van der Waals surface area contributed by atoms with Gasteiger partial charge in [-0.25, -0.2) is 15.0 Å². The van der Waals surface area contributed by atoms with Gasteiger partial charge in [0.2, 0.25) is 0 Å². The first-order valence-corrected chi connectivity index (χ1v) is 12.1. The molecular weight excluding hydrogens is 420 g/mol. The average Bonchev–Trinajstić information content (AvgIpc) is 3.78. The van der Waals surface area contributed by atoms with Crippen LogP contribution in [0.5, 0.6) is 0 Å². The number of hydrogen-bond acceptors (Lipinski definition) is 5. The van der Waals surface area contributed by atoms with E-state index in [9.17, 15) is 0 Å². The number of pyridine rings is 2. The Kier molecular flexibility index (Phi) is 4.40. The maximum atomic E-state index is 5.00. The van der Waals surface area contributed by atoms with Crippen molar-refractivity contribution >= 4 is 22.2 Å². The lowest BCUT2D eigenvalue weighted by atomic mass is 10.1. The molecule has 0 amide bonds. The van der Waals surface area contributed by atoms with Crippen LogP contribution in [0, 0.1) is 6.92 Å². The molecule has 0 bridgehead atoms. The van der Waals surface area contributed by atoms with Crippen LogP contribution < -0.4 is 5.32 Å². The van der Waals surface area contributed by atoms with Crippen LogP contribution in [0.1, 0.15) is 65.5 Å². The predicted molar refractivity (Wildman–Crippen MR) is 133 cm³/mol. The SMILES string of the molecule is Cc1ccnc([C@H]2C[C@@H]2c2ccc3ccc(NCc4cn5cc(C6CC6)ccc5n4)cc3n2)n1. The predicted octanol–water partition coefficient (Wildman–Crippen LogP) is 5.74. The molecule has 0 unspecified atom stereocenters. The molecule has 0 spiro atoms. The van der Waals surface area contributed by atoms with E-state index in [-0.39, 0.29) is 0 Å². The van der Waals surface area contributed by atoms with E-state index in [0.717, 1.165) is 57.5 Å². The zero-order valence-corrected chi connectivity index (χ0v) is 19.1. The van der Waals surface area contributed by atoms with Crippen molar-refractivity contribution in [2.75, 3.05) is 5.32 Å². The van der Waals surface area contributed by atoms with E-state index in [1.807, 2.05) is 19.2 Å². The highest BCUT2D eigenvalue weighted by Gasteiger charge is 2.42. The molecule has 168 valence electrons. The summed E-state index contributed by atoms with van der Waals surface area (Å²) >= 11 is 0. The minimum atomic E-state index is 0.377. The molecule has 5 aromatic rings. The maximum Gasteiger partial charge on any atom is 0.137 e. The second-order valence-corrected chi connectivity index (χ2v) is 9.74. The number of nitrogens with zero attached hydrogens (tertiary/aromatic N) is 5. The number of rotatable bonds is 6. The molecule has 2 atom stereocenters. The largest absolute Gasteiger partial charge is 0.379 e. The maximum absolute atomic E-state index is 5.00. The molecule has 6 heteroatoms. The summed E-state index contributed by atoms with van der Waals surface area (Å²) in [4.78, 5) is 18.9. The van der Waals surface area contributed by atoms with Gasteiger partial charge in [-0.05, 0) is 68.0 Å². The zero-order valence-electron chi connectivity index (χ0n) is 19.1. The van der Waals surface area contributed by atoms with Crippen LogP contribution in [0.2, 0.25) is 0 Å². The van der Waals surface area contributed by atoms with E-state index < -0.39 is 0 Å². The summed E-state index contributed by atoms with van der Waals surface area (Å²) in [5, 5.41) is 4.68. The van der Waals surface area contributed by atoms with Gasteiger partial charge < -0.3 is 9.72 Å². The lowest BCUT2D eigenvalue weighted by molar-refractivity contribution is 0.867. The average molecular weight is 447 g/mol. The van der Waals surface area contributed by atoms with Crippen LogP contribution >= 0.6 is 0 Å². The molecule has 1 N–H and O–H groups in total. The summed E-state index contributed by atoms with van der Waals surface area (Å²) in [6.07, 6.45) is 9.91. The molecule has 7 rings (SSSR count). The van der Waals surface area contributed by atoms with Crippen LogP contribution in [0.25, 0.3) is 16.6 Å². The van der Waals surface area contributed by atoms with Crippen molar-refractivity contribution in [2.24, 2.45) is 0 Å². The Labute approximate surface area is 198 Å². The van der Waals surface area contributed by atoms with Crippen molar-refractivity contribution in [2.45, 2.75) is 50.5 Å². The van der Waals surface area contributed by atoms with E-state index in [2.05, 4.69) is 74.5 Å². The highest BCUT2D eigenvalue weighted by atomic mass is 15.0. The Morgan fingerprint density at radius 3 is 2.74 bits per heavy atom. The number of aromatic nitrogens is 5. The normalized spacial score (nSPS) is 19.6. The fourth-order valence-electron chi connectivity index (χ4n) is 4.90. The zero-order chi connectivity index (χ0) is 22.6. The second kappa shape index (κ2) is 7.62. The van der Waals surface area contributed by atoms with Gasteiger partial charge in [0.15, 0.2) is 0 Å². The summed E-state index contributed by atoms with van der Waals surface area (Å²) in [6.45, 7) is 2.70. The summed E-state index contributed by atoms with van der Waals surface area (Å²) in [5.74, 6) is 2.47. The molecule has 0 radical (unpaired) electrons. The van der Waals surface area contributed by atoms with Gasteiger partial charge in [-0.1, -0.05) is 18.2 Å². The monoisotopic (exact) mass is 446 g/mol. The Morgan fingerprint density at radius 2 is 1.85 bits per heavy atom. The number of hydrogen-bond donors (Lipinski definition) is 1. The molecule has 2 saturated carbocycles. The quantitative estimate of drug-likeness (QED) is 0.360. The molecule has 4 aromatic heterocycles. The minimum Gasteiger partial charge on any atom is -0.379 e. The number of aryl methyl sites for hydroxylation is 1. The molecule has 2 aliphatic rings. The van der Waals surface area contributed by atoms with Crippen LogP contribution in [0.15, 0.2) is 67.1 Å². The molecule has 1 aromatic carbocycles. The number of benzene rings is 1. The summed E-state index contributed by atoms with van der Waals surface area (Å²) in [6, 6.07) is 17.0. The van der Waals surface area contributed by atoms with Crippen LogP contribution in [0.4, 0.5) is 5.69 Å². The molecule has 2 aliphatic carbocycles. The first-order chi connectivity index (χ1) is 16.7. The van der Waals surface area contributed by atoms with Crippen molar-refractivity contribution in [3.8, 4) is 0 Å². The smallest absolute Gasteiger partial charge is 0.137 e. The van der Waals surface area contributed by atoms with E-state index in [4.69, 9.17) is 9.97 Å². The van der Waals surface area contributed by atoms with Crippen LogP contribution in [-0.2, 0) is 6.54 Å². The third-order valence-corrected chi connectivity index (χ3v) is 7.08. The topological polar surface area (TPSA) is 68.0 Å². The minimum absolute atomic E-state index is 0.377. The molecule has 6 nitrogen and oxygen atoms in total. The van der Waals surface area contributed by atoms with Gasteiger partial charge in [0.1, 0.15) is 11.5 Å². The number of nitrogens with one attached hydrogen (secondary N) is 1. The van der Waals surface area contributed by atoms with Crippen molar-refractivity contribution in [1.82, 2.24) is 24.3 Å². The Morgan fingerprint density at radius 1 is 0.941 bits per heavy atom. The van der Waals surface area contributed by atoms with Gasteiger partial charge in [0.05, 0.1) is 17.8 Å². The molecule has 4 heterocycles. The second-order valence-electron chi connectivity index (χ2n) is 9.74. The Bertz CT molecular complexity index is 1530. The van der Waals surface area contributed by atoms with E-state index in [1.54, 1.807) is 0 Å². The third kappa shape index (κ3) is 3.69. The van der Waals surface area contributed by atoms with Crippen molar-refractivity contribution in [3.05, 3.63) is 95.6 Å². The first kappa shape index (κ1) is 19.6. The standard InChI is InChI=1S/C28H26N6/c1-17-10-11-29-28(31-17)24-13-23(24)25-8-5-19-4-7-21(12-26(19)33-25)30-14-22-16-34-15-20(18-2-3-18)6-9-27(34)32-22/h4-12,15-16,18,23-24,30H,2-3,13-14H2,1H3/t23-,24-/m0/s1. The summed E-state index contributed by atoms with van der Waals surface area (Å²) in [5.41, 5.74) is 7.69. The van der Waals surface area contributed by atoms with Gasteiger partial charge >= 0.3 is 0 Å². The number of anilines is 1. The van der Waals surface area contributed by atoms with Crippen LogP contribution in [0.3, 0.4) is 0 Å². The van der Waals surface area contributed by atoms with Crippen molar-refractivity contribution < 1.29 is 0 Å². The lowest BCUT2D eigenvalue weighted by Gasteiger charge is -2.07. The third-order valence-electron chi connectivity index (χ3n) is 7.08. The van der Waals surface area contributed by atoms with E-state index >= 15 is 0 Å². The van der Waals surface area contributed by atoms with Crippen molar-refractivity contribution in [3.63, 3.8) is 0 Å². The first-order valence-electron chi connectivity index (χ1n) is 12.1. The van der Waals surface area contributed by atoms with Gasteiger partial charge in [0.25, 0.3) is 0 Å². The molecular formula is C28H26N6. The van der Waals surface area contributed by atoms with Gasteiger partial charge in [-0.3, -0.25) is 4.98 Å². The lowest BCUT2D eigenvalue weighted by Crippen LogP contribution is -2.00. The van der Waals surface area contributed by atoms with E-state index in [0.29, 0.717) is 18.4 Å². The van der Waals surface area contributed by atoms with Gasteiger partial charge in [-0.2, -0.15) is 0 Å². The fourth-order valence-corrected chi connectivity index (χ4v) is 4.90. The Balaban J connectivity index is 1.08. The molecule has 2 fully saturated rings. The fraction of sp³-hybridized carbons (Fsp3) is 0.286. The Hall–Kier alpha value is -3.80. The van der Waals surface area contributed by atoms with Gasteiger partial charge in [-0.15, -0.1) is 0 Å². The highest BCUT2D eigenvalue weighted by Crippen LogP contribution is 2.53. The van der Waals surface area contributed by atoms with Crippen LogP contribution in [-0.4, -0.2) is 24.3 Å². The molecule has 34 heavy (non-hydrogen) atoms. The number of imidazole rings is 1. The van der Waals surface area contributed by atoms with Crippen molar-refractivity contribution in [1.29, 1.82) is 0 Å². The number of fused-ring (bicyclic) bond motifs is 2. The highest BCUT2D eigenvalue weighted by molar-refractivity contribution is 5.82. The van der Waals surface area contributed by atoms with E-state index in [1.165, 1.54) is 18.4 Å². The summed E-state index contributed by atoms with van der Waals surface area (Å²) < 4.78 is 2.16.